The third-order valence-electron chi connectivity index (χ3n) is 7.67. The molecule has 238 valence electrons. The molecular weight excluding hydrogens is 565 g/mol. The number of hydrogen-bond donors (Lipinski definition) is 1. The van der Waals surface area contributed by atoms with Crippen LogP contribution in [0.1, 0.15) is 110 Å². The van der Waals surface area contributed by atoms with Gasteiger partial charge in [-0.2, -0.15) is 0 Å². The van der Waals surface area contributed by atoms with Gasteiger partial charge in [0.15, 0.2) is 0 Å². The maximum Gasteiger partial charge on any atom is 0.205 e. The zero-order valence-corrected chi connectivity index (χ0v) is 31.2. The highest BCUT2D eigenvalue weighted by atomic mass is 28.3. The van der Waals surface area contributed by atoms with Crippen LogP contribution in [0.4, 0.5) is 0 Å². The second kappa shape index (κ2) is 15.9. The van der Waals surface area contributed by atoms with Crippen molar-refractivity contribution >= 4 is 23.7 Å². The molecule has 0 saturated carbocycles. The lowest BCUT2D eigenvalue weighted by atomic mass is 9.77. The minimum absolute atomic E-state index is 0.0376. The zero-order chi connectivity index (χ0) is 32.6. The number of ether oxygens (including phenoxy) is 1. The van der Waals surface area contributed by atoms with Gasteiger partial charge < -0.3 is 18.7 Å². The molecule has 0 fully saturated rings. The monoisotopic (exact) mass is 622 g/mol. The van der Waals surface area contributed by atoms with Crippen molar-refractivity contribution in [2.24, 2.45) is 10.8 Å². The summed E-state index contributed by atoms with van der Waals surface area (Å²) in [6, 6.07) is 15.0. The molecule has 0 aromatic heterocycles. The smallest absolute Gasteiger partial charge is 0.205 e. The maximum absolute atomic E-state index is 10.6. The topological polar surface area (TPSA) is 47.9 Å². The maximum atomic E-state index is 10.6. The second-order valence-corrected chi connectivity index (χ2v) is 18.4. The molecular formula is C37H58O4Si2. The molecule has 2 unspecified atom stereocenters. The molecule has 4 nitrogen and oxygen atoms in total. The van der Waals surface area contributed by atoms with Crippen LogP contribution >= 0.6 is 0 Å². The summed E-state index contributed by atoms with van der Waals surface area (Å²) in [6.45, 7) is 28.9. The highest BCUT2D eigenvalue weighted by Gasteiger charge is 2.36. The van der Waals surface area contributed by atoms with E-state index in [0.29, 0.717) is 19.4 Å². The van der Waals surface area contributed by atoms with Crippen LogP contribution in [-0.4, -0.2) is 28.8 Å². The van der Waals surface area contributed by atoms with Crippen LogP contribution in [-0.2, 0) is 15.5 Å². The van der Waals surface area contributed by atoms with Gasteiger partial charge in [-0.25, -0.2) is 0 Å². The lowest BCUT2D eigenvalue weighted by Crippen LogP contribution is -2.31. The quantitative estimate of drug-likeness (QED) is 0.168. The first-order valence-electron chi connectivity index (χ1n) is 15.8. The fourth-order valence-corrected chi connectivity index (χ4v) is 6.92. The van der Waals surface area contributed by atoms with Gasteiger partial charge in [0.25, 0.3) is 0 Å². The second-order valence-electron chi connectivity index (χ2n) is 14.3. The van der Waals surface area contributed by atoms with Crippen LogP contribution in [0.15, 0.2) is 60.7 Å². The third kappa shape index (κ3) is 11.5. The van der Waals surface area contributed by atoms with Gasteiger partial charge in [-0.15, -0.1) is 0 Å². The van der Waals surface area contributed by atoms with Gasteiger partial charge >= 0.3 is 0 Å². The zero-order valence-electron chi connectivity index (χ0n) is 29.2. The summed E-state index contributed by atoms with van der Waals surface area (Å²) in [7, 11) is -1.89. The molecule has 0 aliphatic rings. The first-order valence-corrected chi connectivity index (χ1v) is 20.6. The van der Waals surface area contributed by atoms with E-state index in [2.05, 4.69) is 123 Å². The largest absolute Gasteiger partial charge is 0.489 e. The summed E-state index contributed by atoms with van der Waals surface area (Å²) < 4.78 is 19.8. The fourth-order valence-electron chi connectivity index (χ4n) is 5.02. The Balaban J connectivity index is 2.44. The Morgan fingerprint density at radius 2 is 1.37 bits per heavy atom. The number of rotatable bonds is 14. The van der Waals surface area contributed by atoms with E-state index >= 15 is 0 Å². The van der Waals surface area contributed by atoms with Crippen molar-refractivity contribution in [2.45, 2.75) is 126 Å². The normalized spacial score (nSPS) is 15.0. The Bertz CT molecular complexity index is 1210. The van der Waals surface area contributed by atoms with Crippen LogP contribution in [0, 0.1) is 10.8 Å². The SMILES string of the molecule is CCC(O)(C=CC=C(C)c1cccc(COc2ccc(C(O[Si](C)C)C(C)(C)C)c(C(O[Si](C)C)C(C)(C)C)c2)c1)CC. The van der Waals surface area contributed by atoms with Crippen molar-refractivity contribution in [2.75, 3.05) is 0 Å². The highest BCUT2D eigenvalue weighted by Crippen LogP contribution is 2.46. The van der Waals surface area contributed by atoms with E-state index in [9.17, 15) is 5.11 Å². The first-order chi connectivity index (χ1) is 19.9. The summed E-state index contributed by atoms with van der Waals surface area (Å²) in [5.74, 6) is 0.836. The van der Waals surface area contributed by atoms with Crippen molar-refractivity contribution < 1.29 is 18.7 Å². The van der Waals surface area contributed by atoms with Gasteiger partial charge in [0.1, 0.15) is 12.4 Å². The van der Waals surface area contributed by atoms with Gasteiger partial charge in [-0.05, 0) is 103 Å². The predicted octanol–water partition coefficient (Wildman–Crippen LogP) is 10.5. The van der Waals surface area contributed by atoms with Crippen LogP contribution in [0.25, 0.3) is 5.57 Å². The average Bonchev–Trinajstić information content (AvgIpc) is 2.92. The van der Waals surface area contributed by atoms with E-state index < -0.39 is 23.7 Å². The Morgan fingerprint density at radius 1 is 0.814 bits per heavy atom. The lowest BCUT2D eigenvalue weighted by molar-refractivity contribution is 0.0653. The van der Waals surface area contributed by atoms with Crippen LogP contribution in [0.2, 0.25) is 26.2 Å². The van der Waals surface area contributed by atoms with Crippen molar-refractivity contribution in [1.29, 1.82) is 0 Å². The van der Waals surface area contributed by atoms with Crippen molar-refractivity contribution in [3.8, 4) is 5.75 Å². The van der Waals surface area contributed by atoms with Gasteiger partial charge in [-0.3, -0.25) is 0 Å². The van der Waals surface area contributed by atoms with E-state index in [4.69, 9.17) is 13.6 Å². The third-order valence-corrected chi connectivity index (χ3v) is 9.08. The van der Waals surface area contributed by atoms with Gasteiger partial charge in [0, 0.05) is 0 Å². The van der Waals surface area contributed by atoms with Crippen LogP contribution < -0.4 is 4.74 Å². The summed E-state index contributed by atoms with van der Waals surface area (Å²) in [5.41, 5.74) is 4.84. The molecule has 1 N–H and O–H groups in total. The molecule has 0 bridgehead atoms. The Kier molecular flexibility index (Phi) is 13.7. The molecule has 0 heterocycles. The van der Waals surface area contributed by atoms with Crippen molar-refractivity contribution in [1.82, 2.24) is 0 Å². The molecule has 0 saturated heterocycles. The molecule has 0 aliphatic heterocycles. The summed E-state index contributed by atoms with van der Waals surface area (Å²) >= 11 is 0. The molecule has 0 aliphatic carbocycles. The summed E-state index contributed by atoms with van der Waals surface area (Å²) in [5, 5.41) is 10.6. The fraction of sp³-hybridized carbons (Fsp3) is 0.568. The van der Waals surface area contributed by atoms with E-state index in [1.807, 2.05) is 26.0 Å². The molecule has 2 radical (unpaired) electrons. The lowest BCUT2D eigenvalue weighted by Gasteiger charge is -2.39. The number of aliphatic hydroxyl groups is 1. The Morgan fingerprint density at radius 3 is 1.88 bits per heavy atom. The molecule has 2 aromatic rings. The molecule has 2 aromatic carbocycles. The van der Waals surface area contributed by atoms with E-state index in [1.165, 1.54) is 5.56 Å². The number of hydrogen-bond acceptors (Lipinski definition) is 4. The Hall–Kier alpha value is -1.97. The number of benzene rings is 2. The van der Waals surface area contributed by atoms with Gasteiger partial charge in [0.2, 0.25) is 18.1 Å². The Labute approximate surface area is 267 Å². The van der Waals surface area contributed by atoms with Gasteiger partial charge in [-0.1, -0.05) is 97.9 Å². The molecule has 0 spiro atoms. The first kappa shape index (κ1) is 37.2. The highest BCUT2D eigenvalue weighted by molar-refractivity contribution is 6.48. The molecule has 2 atom stereocenters. The van der Waals surface area contributed by atoms with Gasteiger partial charge in [0.05, 0.1) is 17.8 Å². The van der Waals surface area contributed by atoms with Crippen LogP contribution in [0.3, 0.4) is 0 Å². The minimum Gasteiger partial charge on any atom is -0.489 e. The van der Waals surface area contributed by atoms with E-state index in [1.54, 1.807) is 0 Å². The summed E-state index contributed by atoms with van der Waals surface area (Å²) in [4.78, 5) is 0. The minimum atomic E-state index is -0.960. The van der Waals surface area contributed by atoms with Crippen LogP contribution in [0.5, 0.6) is 5.75 Å². The molecule has 2 rings (SSSR count). The molecule has 6 heteroatoms. The molecule has 0 amide bonds. The standard InChI is InChI=1S/C37H58O4Si2/c1-14-37(38,15-2)23-17-18-27(3)29-20-16-19-28(24-29)26-39-30-21-22-31(33(35(4,5)6)40-42(10)11)32(25-30)34(36(7,8)9)41-43(12)13/h16-25,33-34,38H,14-15,26H2,1-13H3. The number of allylic oxidation sites excluding steroid dienone is 3. The van der Waals surface area contributed by atoms with Crippen molar-refractivity contribution in [3.05, 3.63) is 82.9 Å². The average molecular weight is 623 g/mol. The van der Waals surface area contributed by atoms with E-state index in [0.717, 1.165) is 28.0 Å². The van der Waals surface area contributed by atoms with E-state index in [-0.39, 0.29) is 23.0 Å². The van der Waals surface area contributed by atoms with Crippen molar-refractivity contribution in [3.63, 3.8) is 0 Å². The molecule has 43 heavy (non-hydrogen) atoms. The summed E-state index contributed by atoms with van der Waals surface area (Å²) in [6.07, 6.45) is 7.23. The predicted molar refractivity (Wildman–Crippen MR) is 187 cm³/mol.